The molecule has 0 unspecified atom stereocenters. The molecule has 1 aromatic rings. The first kappa shape index (κ1) is 14.8. The van der Waals surface area contributed by atoms with Crippen LogP contribution in [0.1, 0.15) is 33.3 Å². The van der Waals surface area contributed by atoms with Crippen LogP contribution in [0, 0.1) is 17.0 Å². The third-order valence-corrected chi connectivity index (χ3v) is 3.36. The van der Waals surface area contributed by atoms with Gasteiger partial charge in [-0.05, 0) is 46.2 Å². The van der Waals surface area contributed by atoms with E-state index in [1.807, 2.05) is 46.8 Å². The van der Waals surface area contributed by atoms with Crippen molar-refractivity contribution in [3.05, 3.63) is 33.9 Å². The van der Waals surface area contributed by atoms with Crippen LogP contribution in [0.25, 0.3) is 0 Å². The van der Waals surface area contributed by atoms with Crippen molar-refractivity contribution in [2.45, 2.75) is 45.8 Å². The predicted octanol–water partition coefficient (Wildman–Crippen LogP) is 3.30. The van der Waals surface area contributed by atoms with Crippen LogP contribution < -0.4 is 4.90 Å². The van der Waals surface area contributed by atoms with E-state index in [0.717, 1.165) is 5.56 Å². The number of anilines is 1. The van der Waals surface area contributed by atoms with Crippen molar-refractivity contribution in [2.24, 2.45) is 0 Å². The van der Waals surface area contributed by atoms with Crippen LogP contribution in [-0.4, -0.2) is 29.2 Å². The van der Waals surface area contributed by atoms with E-state index in [-0.39, 0.29) is 21.8 Å². The van der Waals surface area contributed by atoms with E-state index in [1.165, 1.54) is 0 Å². The number of hydrogen-bond donors (Lipinski definition) is 0. The molecule has 0 atom stereocenters. The van der Waals surface area contributed by atoms with Gasteiger partial charge in [-0.25, -0.2) is 0 Å². The first-order valence-corrected chi connectivity index (χ1v) is 6.80. The van der Waals surface area contributed by atoms with E-state index in [1.54, 1.807) is 6.07 Å². The molecule has 0 bridgehead atoms. The highest BCUT2D eigenvalue weighted by molar-refractivity contribution is 5.65. The topological polar surface area (TPSA) is 55.6 Å². The highest BCUT2D eigenvalue weighted by atomic mass is 16.6. The molecule has 1 saturated heterocycles. The Kier molecular flexibility index (Phi) is 3.50. The minimum Gasteiger partial charge on any atom is -0.366 e. The van der Waals surface area contributed by atoms with Crippen molar-refractivity contribution in [1.82, 2.24) is 0 Å². The van der Waals surface area contributed by atoms with Crippen LogP contribution in [0.3, 0.4) is 0 Å². The predicted molar refractivity (Wildman–Crippen MR) is 79.3 cm³/mol. The Bertz CT molecular complexity index is 522. The van der Waals surface area contributed by atoms with Gasteiger partial charge in [-0.1, -0.05) is 6.07 Å². The van der Waals surface area contributed by atoms with Gasteiger partial charge in [-0.15, -0.1) is 0 Å². The molecule has 0 aliphatic carbocycles. The van der Waals surface area contributed by atoms with Crippen molar-refractivity contribution in [3.63, 3.8) is 0 Å². The fourth-order valence-electron chi connectivity index (χ4n) is 3.01. The quantitative estimate of drug-likeness (QED) is 0.615. The number of rotatable bonds is 2. The Balaban J connectivity index is 2.43. The fraction of sp³-hybridized carbons (Fsp3) is 0.600. The van der Waals surface area contributed by atoms with Gasteiger partial charge in [0, 0.05) is 19.2 Å². The monoisotopic (exact) mass is 278 g/mol. The maximum Gasteiger partial charge on any atom is 0.292 e. The van der Waals surface area contributed by atoms with Crippen molar-refractivity contribution < 1.29 is 9.66 Å². The van der Waals surface area contributed by atoms with Crippen LogP contribution in [0.2, 0.25) is 0 Å². The highest BCUT2D eigenvalue weighted by Gasteiger charge is 2.39. The average molecular weight is 278 g/mol. The molecule has 0 radical (unpaired) electrons. The zero-order chi connectivity index (χ0) is 15.1. The zero-order valence-electron chi connectivity index (χ0n) is 12.8. The Morgan fingerprint density at radius 3 is 2.25 bits per heavy atom. The first-order valence-electron chi connectivity index (χ1n) is 6.80. The molecule has 1 aromatic carbocycles. The third kappa shape index (κ3) is 3.10. The zero-order valence-corrected chi connectivity index (χ0v) is 12.8. The molecule has 0 spiro atoms. The third-order valence-electron chi connectivity index (χ3n) is 3.36. The molecule has 5 heteroatoms. The average Bonchev–Trinajstić information content (AvgIpc) is 2.24. The summed E-state index contributed by atoms with van der Waals surface area (Å²) < 4.78 is 6.03. The normalized spacial score (nSPS) is 20.8. The molecule has 1 aliphatic rings. The SMILES string of the molecule is Cc1ccc(N2CC(C)(C)OC(C)(C)C2)c([N+](=O)[O-])c1. The van der Waals surface area contributed by atoms with Gasteiger partial charge in [0.1, 0.15) is 5.69 Å². The Hall–Kier alpha value is -1.62. The molecule has 0 N–H and O–H groups in total. The molecular formula is C15H22N2O3. The number of nitro benzene ring substituents is 1. The van der Waals surface area contributed by atoms with Crippen molar-refractivity contribution in [2.75, 3.05) is 18.0 Å². The molecule has 110 valence electrons. The Labute approximate surface area is 119 Å². The van der Waals surface area contributed by atoms with E-state index >= 15 is 0 Å². The standard InChI is InChI=1S/C15H22N2O3/c1-11-6-7-12(13(8-11)17(18)19)16-9-14(2,3)20-15(4,5)10-16/h6-8H,9-10H2,1-5H3. The molecular weight excluding hydrogens is 256 g/mol. The van der Waals surface area contributed by atoms with Gasteiger partial charge < -0.3 is 9.64 Å². The van der Waals surface area contributed by atoms with Gasteiger partial charge >= 0.3 is 0 Å². The van der Waals surface area contributed by atoms with Crippen LogP contribution in [0.5, 0.6) is 0 Å². The number of aryl methyl sites for hydroxylation is 1. The largest absolute Gasteiger partial charge is 0.366 e. The minimum absolute atomic E-state index is 0.165. The van der Waals surface area contributed by atoms with Crippen LogP contribution >= 0.6 is 0 Å². The van der Waals surface area contributed by atoms with Gasteiger partial charge in [-0.3, -0.25) is 10.1 Å². The summed E-state index contributed by atoms with van der Waals surface area (Å²) in [6, 6.07) is 5.38. The van der Waals surface area contributed by atoms with Crippen molar-refractivity contribution in [3.8, 4) is 0 Å². The lowest BCUT2D eigenvalue weighted by atomic mass is 9.98. The van der Waals surface area contributed by atoms with Gasteiger partial charge in [0.2, 0.25) is 0 Å². The summed E-state index contributed by atoms with van der Waals surface area (Å²) in [4.78, 5) is 13.0. The lowest BCUT2D eigenvalue weighted by molar-refractivity contribution is -0.384. The second-order valence-electron chi connectivity index (χ2n) is 6.73. The van der Waals surface area contributed by atoms with Crippen molar-refractivity contribution >= 4 is 11.4 Å². The Morgan fingerprint density at radius 1 is 1.20 bits per heavy atom. The summed E-state index contributed by atoms with van der Waals surface area (Å²) in [5, 5.41) is 11.3. The van der Waals surface area contributed by atoms with E-state index < -0.39 is 0 Å². The second-order valence-corrected chi connectivity index (χ2v) is 6.73. The second kappa shape index (κ2) is 4.74. The number of hydrogen-bond acceptors (Lipinski definition) is 4. The van der Waals surface area contributed by atoms with E-state index in [9.17, 15) is 10.1 Å². The van der Waals surface area contributed by atoms with Gasteiger partial charge in [0.15, 0.2) is 0 Å². The lowest BCUT2D eigenvalue weighted by Crippen LogP contribution is -2.57. The summed E-state index contributed by atoms with van der Waals surface area (Å²) in [6.07, 6.45) is 0. The number of ether oxygens (including phenoxy) is 1. The van der Waals surface area contributed by atoms with E-state index in [2.05, 4.69) is 4.90 Å². The molecule has 5 nitrogen and oxygen atoms in total. The smallest absolute Gasteiger partial charge is 0.292 e. The molecule has 1 fully saturated rings. The molecule has 0 aromatic heterocycles. The molecule has 1 heterocycles. The summed E-state index contributed by atoms with van der Waals surface area (Å²) in [5.74, 6) is 0. The maximum absolute atomic E-state index is 11.3. The van der Waals surface area contributed by atoms with Crippen molar-refractivity contribution in [1.29, 1.82) is 0 Å². The molecule has 0 amide bonds. The Morgan fingerprint density at radius 2 is 1.75 bits per heavy atom. The number of nitro groups is 1. The summed E-state index contributed by atoms with van der Waals surface area (Å²) in [6.45, 7) is 11.2. The van der Waals surface area contributed by atoms with E-state index in [0.29, 0.717) is 18.8 Å². The number of nitrogens with zero attached hydrogens (tertiary/aromatic N) is 2. The summed E-state index contributed by atoms with van der Waals surface area (Å²) >= 11 is 0. The molecule has 0 saturated carbocycles. The summed E-state index contributed by atoms with van der Waals surface area (Å²) in [7, 11) is 0. The van der Waals surface area contributed by atoms with Gasteiger partial charge in [-0.2, -0.15) is 0 Å². The number of morpholine rings is 1. The van der Waals surface area contributed by atoms with Crippen LogP contribution in [0.4, 0.5) is 11.4 Å². The highest BCUT2D eigenvalue weighted by Crippen LogP contribution is 2.36. The first-order chi connectivity index (χ1) is 9.10. The number of benzene rings is 1. The minimum atomic E-state index is -0.333. The maximum atomic E-state index is 11.3. The molecule has 20 heavy (non-hydrogen) atoms. The van der Waals surface area contributed by atoms with E-state index in [4.69, 9.17) is 4.74 Å². The van der Waals surface area contributed by atoms with Gasteiger partial charge in [0.25, 0.3) is 5.69 Å². The fourth-order valence-corrected chi connectivity index (χ4v) is 3.01. The van der Waals surface area contributed by atoms with Crippen LogP contribution in [0.15, 0.2) is 18.2 Å². The van der Waals surface area contributed by atoms with Crippen LogP contribution in [-0.2, 0) is 4.74 Å². The lowest BCUT2D eigenvalue weighted by Gasteiger charge is -2.47. The van der Waals surface area contributed by atoms with Gasteiger partial charge in [0.05, 0.1) is 16.1 Å². The summed E-state index contributed by atoms with van der Waals surface area (Å²) in [5.41, 5.74) is 1.07. The molecule has 2 rings (SSSR count). The molecule has 1 aliphatic heterocycles.